The maximum absolute atomic E-state index is 13.7. The highest BCUT2D eigenvalue weighted by Crippen LogP contribution is 2.56. The van der Waals surface area contributed by atoms with E-state index in [1.807, 2.05) is 0 Å². The number of hydrogen-bond acceptors (Lipinski definition) is 2. The van der Waals surface area contributed by atoms with Gasteiger partial charge in [-0.05, 0) is 0 Å². The summed E-state index contributed by atoms with van der Waals surface area (Å²) in [4.78, 5) is 0. The van der Waals surface area contributed by atoms with Gasteiger partial charge in [0.1, 0.15) is 0 Å². The predicted molar refractivity (Wildman–Crippen MR) is 114 cm³/mol. The highest BCUT2D eigenvalue weighted by molar-refractivity contribution is 9.09. The summed E-state index contributed by atoms with van der Waals surface area (Å²) >= 11 is 3.13. The van der Waals surface area contributed by atoms with Crippen LogP contribution in [0.3, 0.4) is 0 Å². The average molecular weight is 825 g/mol. The molecule has 0 heterocycles. The first-order valence-corrected chi connectivity index (χ1v) is 11.9. The van der Waals surface area contributed by atoms with E-state index in [0.29, 0.717) is 6.08 Å². The molecule has 0 aromatic heterocycles. The van der Waals surface area contributed by atoms with Gasteiger partial charge in [0.2, 0.25) is 0 Å². The minimum Gasteiger partial charge on any atom is -0.393 e. The van der Waals surface area contributed by atoms with Crippen molar-refractivity contribution in [3.8, 4) is 0 Å². The highest BCUT2D eigenvalue weighted by atomic mass is 79.9. The van der Waals surface area contributed by atoms with Gasteiger partial charge in [0.05, 0.1) is 19.8 Å². The fourth-order valence-corrected chi connectivity index (χ4v) is 2.43. The van der Waals surface area contributed by atoms with E-state index in [1.165, 1.54) is 0 Å². The molecule has 0 amide bonds. The number of aliphatic hydroxyl groups excluding tert-OH is 1. The highest BCUT2D eigenvalue weighted by Gasteiger charge is 2.85. The molecular formula is C20H17BrF24O2. The van der Waals surface area contributed by atoms with E-state index in [4.69, 9.17) is 5.11 Å². The van der Waals surface area contributed by atoms with E-state index >= 15 is 0 Å². The smallest absolute Gasteiger partial charge is 0.393 e. The minimum atomic E-state index is -7.23. The second-order valence-electron chi connectivity index (χ2n) is 8.27. The molecule has 0 aliphatic carbocycles. The van der Waals surface area contributed by atoms with Crippen molar-refractivity contribution in [1.29, 1.82) is 0 Å². The van der Waals surface area contributed by atoms with Crippen molar-refractivity contribution in [1.82, 2.24) is 0 Å². The van der Waals surface area contributed by atoms with Crippen LogP contribution in [0.4, 0.5) is 105 Å². The summed E-state index contributed by atoms with van der Waals surface area (Å²) in [5.74, 6) is 0. The van der Waals surface area contributed by atoms with E-state index in [-0.39, 0.29) is 0 Å². The summed E-state index contributed by atoms with van der Waals surface area (Å²) in [6.45, 7) is -0.485. The molecule has 27 heteroatoms. The van der Waals surface area contributed by atoms with Gasteiger partial charge < -0.3 is 9.84 Å². The Morgan fingerprint density at radius 3 is 0.936 bits per heavy atom. The van der Waals surface area contributed by atoms with Gasteiger partial charge >= 0.3 is 48.4 Å². The van der Waals surface area contributed by atoms with Crippen LogP contribution in [0, 0.1) is 0 Å². The quantitative estimate of drug-likeness (QED) is 0.103. The molecule has 0 radical (unpaired) electrons. The predicted octanol–water partition coefficient (Wildman–Crippen LogP) is 9.62. The first kappa shape index (κ1) is 49.6. The lowest BCUT2D eigenvalue weighted by Gasteiger charge is -2.39. The van der Waals surface area contributed by atoms with Crippen molar-refractivity contribution < 1.29 is 115 Å². The van der Waals surface area contributed by atoms with Crippen LogP contribution >= 0.6 is 15.9 Å². The molecule has 4 atom stereocenters. The monoisotopic (exact) mass is 824 g/mol. The second kappa shape index (κ2) is 16.3. The topological polar surface area (TPSA) is 29.5 Å². The molecule has 0 bridgehead atoms. The molecule has 0 rings (SSSR count). The van der Waals surface area contributed by atoms with Crippen molar-refractivity contribution in [2.24, 2.45) is 0 Å². The lowest BCUT2D eigenvalue weighted by Crippen LogP contribution is -2.69. The van der Waals surface area contributed by atoms with Crippen LogP contribution in [0.1, 0.15) is 0 Å². The Kier molecular flexibility index (Phi) is 17.2. The lowest BCUT2D eigenvalue weighted by atomic mass is 9.85. The fraction of sp³-hybridized carbons (Fsp3) is 0.800. The Morgan fingerprint density at radius 2 is 0.766 bits per heavy atom. The summed E-state index contributed by atoms with van der Waals surface area (Å²) < 4.78 is 301. The maximum Gasteiger partial charge on any atom is 0.434 e. The Hall–Kier alpha value is -1.80. The van der Waals surface area contributed by atoms with Crippen molar-refractivity contribution in [2.75, 3.05) is 25.2 Å². The molecule has 0 spiro atoms. The van der Waals surface area contributed by atoms with Crippen LogP contribution in [0.2, 0.25) is 0 Å². The largest absolute Gasteiger partial charge is 0.434 e. The summed E-state index contributed by atoms with van der Waals surface area (Å²) in [6.07, 6.45) is -51.3. The molecule has 0 aromatic carbocycles. The number of ether oxygens (including phenoxy) is 1. The number of allylic oxidation sites excluding steroid dienone is 1. The van der Waals surface area contributed by atoms with Crippen LogP contribution < -0.4 is 0 Å². The van der Waals surface area contributed by atoms with Crippen LogP contribution in [-0.4, -0.2) is 102 Å². The normalized spacial score (nSPS) is 17.9. The van der Waals surface area contributed by atoms with Gasteiger partial charge in [-0.15, -0.1) is 13.2 Å². The number of rotatable bonds is 10. The van der Waals surface area contributed by atoms with E-state index in [2.05, 4.69) is 33.8 Å². The van der Waals surface area contributed by atoms with Crippen molar-refractivity contribution in [2.45, 2.75) is 72.1 Å². The van der Waals surface area contributed by atoms with Gasteiger partial charge in [0.15, 0.2) is 12.3 Å². The maximum atomic E-state index is 13.7. The number of alkyl halides is 25. The molecule has 1 N–H and O–H groups in total. The Balaban J connectivity index is -0.000000744. The molecule has 0 aromatic rings. The van der Waals surface area contributed by atoms with Gasteiger partial charge in [-0.2, -0.15) is 79.0 Å². The third kappa shape index (κ3) is 10.6. The van der Waals surface area contributed by atoms with Gasteiger partial charge in [0.25, 0.3) is 11.3 Å². The third-order valence-corrected chi connectivity index (χ3v) is 5.44. The Bertz CT molecular complexity index is 935. The molecule has 0 aliphatic heterocycles. The zero-order valence-electron chi connectivity index (χ0n) is 21.9. The number of aliphatic hydroxyl groups is 1. The van der Waals surface area contributed by atoms with Crippen LogP contribution in [0.15, 0.2) is 25.3 Å². The SMILES string of the molecule is C=CCBr.C=CCOCC(F)(C(F)C(F)(C(F)(F)F)C(F)(F)F)C(F)(F)F.OCC(F)(C(F)C(F)(C(F)(F)F)C(F)(F)F)C(F)(F)F. The van der Waals surface area contributed by atoms with Crippen molar-refractivity contribution in [3.63, 3.8) is 0 Å². The van der Waals surface area contributed by atoms with Gasteiger partial charge in [-0.3, -0.25) is 0 Å². The summed E-state index contributed by atoms with van der Waals surface area (Å²) in [5.41, 5.74) is -26.2. The molecule has 0 saturated heterocycles. The zero-order valence-corrected chi connectivity index (χ0v) is 23.4. The standard InChI is InChI=1S/C10H8F12O.C7H4F12O.C3H5Br/c1-2-3-23-4-6(12,8(14,15)16)5(11)7(13,9(17,18)19)10(20,21)22;8-2(3(9,1-20)5(11,12)13)4(10,6(14,15)16)7(17,18)19;1-2-3-4/h2,5H,1,3-4H2;2,20H,1H2;2H,1,3H2. The van der Waals surface area contributed by atoms with E-state index in [0.717, 1.165) is 5.33 Å². The average Bonchev–Trinajstić information content (AvgIpc) is 2.87. The van der Waals surface area contributed by atoms with Gasteiger partial charge in [-0.1, -0.05) is 28.1 Å². The van der Waals surface area contributed by atoms with Crippen molar-refractivity contribution >= 4 is 15.9 Å². The summed E-state index contributed by atoms with van der Waals surface area (Å²) in [6, 6.07) is 0. The van der Waals surface area contributed by atoms with Crippen LogP contribution in [0.5, 0.6) is 0 Å². The molecule has 47 heavy (non-hydrogen) atoms. The Morgan fingerprint density at radius 1 is 0.511 bits per heavy atom. The van der Waals surface area contributed by atoms with Gasteiger partial charge in [0, 0.05) is 5.33 Å². The molecule has 0 aliphatic rings. The molecule has 0 saturated carbocycles. The zero-order chi connectivity index (χ0) is 39.1. The molecular weight excluding hydrogens is 808 g/mol. The first-order chi connectivity index (χ1) is 20.3. The number of halogens is 25. The second-order valence-corrected chi connectivity index (χ2v) is 8.91. The molecule has 284 valence electrons. The molecule has 4 unspecified atom stereocenters. The summed E-state index contributed by atoms with van der Waals surface area (Å²) in [5, 5.41) is 8.85. The van der Waals surface area contributed by atoms with E-state index < -0.39 is 91.9 Å². The third-order valence-electron chi connectivity index (χ3n) is 4.98. The Labute approximate surface area is 254 Å². The van der Waals surface area contributed by atoms with Gasteiger partial charge in [-0.25, -0.2) is 26.3 Å². The molecule has 2 nitrogen and oxygen atoms in total. The van der Waals surface area contributed by atoms with Crippen molar-refractivity contribution in [3.05, 3.63) is 25.3 Å². The van der Waals surface area contributed by atoms with E-state index in [9.17, 15) is 105 Å². The number of hydrogen-bond donors (Lipinski definition) is 1. The summed E-state index contributed by atoms with van der Waals surface area (Å²) in [7, 11) is 0. The molecule has 0 fully saturated rings. The van der Waals surface area contributed by atoms with E-state index in [1.54, 1.807) is 6.08 Å². The minimum absolute atomic E-state index is 0.653. The fourth-order valence-electron chi connectivity index (χ4n) is 2.43. The first-order valence-electron chi connectivity index (χ1n) is 10.7. The van der Waals surface area contributed by atoms with Crippen LogP contribution in [-0.2, 0) is 4.74 Å². The lowest BCUT2D eigenvalue weighted by molar-refractivity contribution is -0.385. The van der Waals surface area contributed by atoms with Crippen LogP contribution in [0.25, 0.3) is 0 Å².